The van der Waals surface area contributed by atoms with Crippen LogP contribution in [0.25, 0.3) is 11.0 Å². The molecular weight excluding hydrogens is 238 g/mol. The molecule has 3 atom stereocenters. The summed E-state index contributed by atoms with van der Waals surface area (Å²) in [7, 11) is 1.91. The maximum Gasteiger partial charge on any atom is 0.163 e. The molecule has 1 saturated carbocycles. The van der Waals surface area contributed by atoms with E-state index in [0.717, 1.165) is 22.8 Å². The Morgan fingerprint density at radius 1 is 1.26 bits per heavy atom. The standard InChI is InChI=1S/C14H21N5/c1-9-5-4-6-12(10(9)2)18-13-11-7-17-19(3)14(11)16-8-15-13/h7-10,12H,4-6H2,1-3H3,(H,15,16,18). The van der Waals surface area contributed by atoms with Crippen LogP contribution in [-0.4, -0.2) is 25.8 Å². The van der Waals surface area contributed by atoms with Gasteiger partial charge in [-0.3, -0.25) is 4.68 Å². The highest BCUT2D eigenvalue weighted by atomic mass is 15.3. The lowest BCUT2D eigenvalue weighted by Crippen LogP contribution is -2.35. The van der Waals surface area contributed by atoms with Gasteiger partial charge in [-0.1, -0.05) is 26.7 Å². The van der Waals surface area contributed by atoms with Gasteiger partial charge < -0.3 is 5.32 Å². The predicted molar refractivity (Wildman–Crippen MR) is 75.9 cm³/mol. The third kappa shape index (κ3) is 2.17. The monoisotopic (exact) mass is 259 g/mol. The van der Waals surface area contributed by atoms with Gasteiger partial charge in [0, 0.05) is 13.1 Å². The fourth-order valence-corrected chi connectivity index (χ4v) is 3.04. The number of nitrogens with one attached hydrogen (secondary N) is 1. The largest absolute Gasteiger partial charge is 0.366 e. The van der Waals surface area contributed by atoms with E-state index in [9.17, 15) is 0 Å². The first-order chi connectivity index (χ1) is 9.16. The highest BCUT2D eigenvalue weighted by Gasteiger charge is 2.27. The highest BCUT2D eigenvalue weighted by Crippen LogP contribution is 2.32. The minimum atomic E-state index is 0.502. The second kappa shape index (κ2) is 4.79. The Morgan fingerprint density at radius 3 is 2.95 bits per heavy atom. The molecule has 5 heteroatoms. The molecule has 0 aromatic carbocycles. The van der Waals surface area contributed by atoms with Crippen molar-refractivity contribution in [3.05, 3.63) is 12.5 Å². The summed E-state index contributed by atoms with van der Waals surface area (Å²) in [6.07, 6.45) is 7.31. The van der Waals surface area contributed by atoms with Gasteiger partial charge in [-0.15, -0.1) is 0 Å². The van der Waals surface area contributed by atoms with Crippen LogP contribution in [-0.2, 0) is 7.05 Å². The summed E-state index contributed by atoms with van der Waals surface area (Å²) < 4.78 is 1.79. The molecule has 1 fully saturated rings. The fraction of sp³-hybridized carbons (Fsp3) is 0.643. The second-order valence-corrected chi connectivity index (χ2v) is 5.75. The van der Waals surface area contributed by atoms with Crippen LogP contribution >= 0.6 is 0 Å². The van der Waals surface area contributed by atoms with Crippen LogP contribution in [0.15, 0.2) is 12.5 Å². The molecule has 102 valence electrons. The molecule has 19 heavy (non-hydrogen) atoms. The summed E-state index contributed by atoms with van der Waals surface area (Å²) in [6, 6.07) is 0.502. The third-order valence-corrected chi connectivity index (χ3v) is 4.56. The summed E-state index contributed by atoms with van der Waals surface area (Å²) in [4.78, 5) is 8.68. The van der Waals surface area contributed by atoms with Crippen molar-refractivity contribution in [3.63, 3.8) is 0 Å². The van der Waals surface area contributed by atoms with Crippen LogP contribution in [0.2, 0.25) is 0 Å². The van der Waals surface area contributed by atoms with Gasteiger partial charge in [-0.2, -0.15) is 5.10 Å². The van der Waals surface area contributed by atoms with Crippen molar-refractivity contribution < 1.29 is 0 Å². The first kappa shape index (κ1) is 12.4. The molecule has 1 aliphatic rings. The molecule has 5 nitrogen and oxygen atoms in total. The van der Waals surface area contributed by atoms with Crippen LogP contribution in [0.5, 0.6) is 0 Å². The molecule has 1 N–H and O–H groups in total. The average Bonchev–Trinajstić information content (AvgIpc) is 2.78. The molecule has 1 aliphatic carbocycles. The molecule has 2 aromatic heterocycles. The smallest absolute Gasteiger partial charge is 0.163 e. The molecule has 0 amide bonds. The van der Waals surface area contributed by atoms with Crippen molar-refractivity contribution in [3.8, 4) is 0 Å². The number of fused-ring (bicyclic) bond motifs is 1. The van der Waals surface area contributed by atoms with Gasteiger partial charge in [0.2, 0.25) is 0 Å². The van der Waals surface area contributed by atoms with E-state index in [0.29, 0.717) is 12.0 Å². The summed E-state index contributed by atoms with van der Waals surface area (Å²) in [5.41, 5.74) is 0.883. The van der Waals surface area contributed by atoms with Crippen LogP contribution < -0.4 is 5.32 Å². The van der Waals surface area contributed by atoms with Crippen molar-refractivity contribution >= 4 is 16.9 Å². The van der Waals surface area contributed by atoms with Crippen LogP contribution in [0.1, 0.15) is 33.1 Å². The number of hydrogen-bond acceptors (Lipinski definition) is 4. The molecule has 2 aromatic rings. The van der Waals surface area contributed by atoms with Gasteiger partial charge >= 0.3 is 0 Å². The number of anilines is 1. The van der Waals surface area contributed by atoms with Crippen LogP contribution in [0.4, 0.5) is 5.82 Å². The van der Waals surface area contributed by atoms with Crippen LogP contribution in [0, 0.1) is 11.8 Å². The Balaban J connectivity index is 1.89. The molecule has 0 aliphatic heterocycles. The lowest BCUT2D eigenvalue weighted by molar-refractivity contribution is 0.253. The van der Waals surface area contributed by atoms with Crippen molar-refractivity contribution in [2.45, 2.75) is 39.2 Å². The number of hydrogen-bond donors (Lipinski definition) is 1. The van der Waals surface area contributed by atoms with E-state index in [4.69, 9.17) is 0 Å². The van der Waals surface area contributed by atoms with Gasteiger partial charge in [0.1, 0.15) is 12.1 Å². The quantitative estimate of drug-likeness (QED) is 0.900. The Bertz CT molecular complexity index is 576. The van der Waals surface area contributed by atoms with E-state index < -0.39 is 0 Å². The first-order valence-electron chi connectivity index (χ1n) is 7.06. The third-order valence-electron chi connectivity index (χ3n) is 4.56. The predicted octanol–water partition coefficient (Wildman–Crippen LogP) is 2.60. The maximum absolute atomic E-state index is 4.40. The van der Waals surface area contributed by atoms with E-state index in [1.807, 2.05) is 13.2 Å². The second-order valence-electron chi connectivity index (χ2n) is 5.75. The summed E-state index contributed by atoms with van der Waals surface area (Å²) in [6.45, 7) is 4.68. The Kier molecular flexibility index (Phi) is 3.12. The molecule has 0 bridgehead atoms. The maximum atomic E-state index is 4.40. The minimum Gasteiger partial charge on any atom is -0.366 e. The summed E-state index contributed by atoms with van der Waals surface area (Å²) in [5.74, 6) is 2.37. The topological polar surface area (TPSA) is 55.6 Å². The number of aromatic nitrogens is 4. The normalized spacial score (nSPS) is 27.6. The molecular formula is C14H21N5. The van der Waals surface area contributed by atoms with Crippen LogP contribution in [0.3, 0.4) is 0 Å². The summed E-state index contributed by atoms with van der Waals surface area (Å²) >= 11 is 0. The molecule has 3 rings (SSSR count). The van der Waals surface area contributed by atoms with E-state index >= 15 is 0 Å². The zero-order chi connectivity index (χ0) is 13.4. The van der Waals surface area contributed by atoms with Gasteiger partial charge in [0.15, 0.2) is 5.65 Å². The number of aryl methyl sites for hydroxylation is 1. The van der Waals surface area contributed by atoms with E-state index in [-0.39, 0.29) is 0 Å². The zero-order valence-corrected chi connectivity index (χ0v) is 11.8. The molecule has 0 radical (unpaired) electrons. The lowest BCUT2D eigenvalue weighted by atomic mass is 9.78. The Labute approximate surface area is 113 Å². The van der Waals surface area contributed by atoms with Gasteiger partial charge in [-0.25, -0.2) is 9.97 Å². The van der Waals surface area contributed by atoms with E-state index in [1.54, 1.807) is 11.0 Å². The Hall–Kier alpha value is -1.65. The average molecular weight is 259 g/mol. The van der Waals surface area contributed by atoms with Gasteiger partial charge in [0.05, 0.1) is 11.6 Å². The number of rotatable bonds is 2. The van der Waals surface area contributed by atoms with Crippen molar-refractivity contribution in [1.82, 2.24) is 19.7 Å². The highest BCUT2D eigenvalue weighted by molar-refractivity contribution is 5.86. The van der Waals surface area contributed by atoms with E-state index in [1.165, 1.54) is 19.3 Å². The van der Waals surface area contributed by atoms with Crippen molar-refractivity contribution in [2.75, 3.05) is 5.32 Å². The zero-order valence-electron chi connectivity index (χ0n) is 11.8. The molecule has 3 unspecified atom stereocenters. The lowest BCUT2D eigenvalue weighted by Gasteiger charge is -2.34. The SMILES string of the molecule is CC1CCCC(Nc2ncnc3c2cnn3C)C1C. The molecule has 0 spiro atoms. The number of nitrogens with zero attached hydrogens (tertiary/aromatic N) is 4. The minimum absolute atomic E-state index is 0.502. The first-order valence-corrected chi connectivity index (χ1v) is 7.06. The van der Waals surface area contributed by atoms with Crippen molar-refractivity contribution in [1.29, 1.82) is 0 Å². The van der Waals surface area contributed by atoms with Crippen molar-refractivity contribution in [2.24, 2.45) is 18.9 Å². The summed E-state index contributed by atoms with van der Waals surface area (Å²) in [5, 5.41) is 8.88. The molecule has 0 saturated heterocycles. The van der Waals surface area contributed by atoms with E-state index in [2.05, 4.69) is 34.2 Å². The Morgan fingerprint density at radius 2 is 2.11 bits per heavy atom. The molecule has 2 heterocycles. The van der Waals surface area contributed by atoms with Gasteiger partial charge in [0.25, 0.3) is 0 Å². The van der Waals surface area contributed by atoms with Gasteiger partial charge in [-0.05, 0) is 18.3 Å². The fourth-order valence-electron chi connectivity index (χ4n) is 3.04.